The van der Waals surface area contributed by atoms with Gasteiger partial charge in [-0.25, -0.2) is 14.8 Å². The van der Waals surface area contributed by atoms with Crippen molar-refractivity contribution < 1.29 is 9.18 Å². The lowest BCUT2D eigenvalue weighted by atomic mass is 9.97. The zero-order chi connectivity index (χ0) is 25.2. The number of rotatable bonds is 6. The van der Waals surface area contributed by atoms with Gasteiger partial charge in [0.1, 0.15) is 10.6 Å². The lowest BCUT2D eigenvalue weighted by molar-refractivity contribution is -0.118. The van der Waals surface area contributed by atoms with Crippen molar-refractivity contribution in [2.45, 2.75) is 30.8 Å². The first-order valence-corrected chi connectivity index (χ1v) is 14.1. The van der Waals surface area contributed by atoms with Crippen molar-refractivity contribution in [2.75, 3.05) is 5.75 Å². The number of hydrazone groups is 1. The van der Waals surface area contributed by atoms with E-state index in [2.05, 4.69) is 26.5 Å². The highest BCUT2D eigenvalue weighted by Gasteiger charge is 2.23. The van der Waals surface area contributed by atoms with Gasteiger partial charge in [-0.3, -0.25) is 14.2 Å². The summed E-state index contributed by atoms with van der Waals surface area (Å²) in [6, 6.07) is 11.7. The van der Waals surface area contributed by atoms with Gasteiger partial charge < -0.3 is 0 Å². The Kier molecular flexibility index (Phi) is 7.57. The maximum absolute atomic E-state index is 13.9. The molecular weight excluding hydrogens is 587 g/mol. The second-order valence-corrected chi connectivity index (χ2v) is 11.5. The molecule has 11 heteroatoms. The lowest BCUT2D eigenvalue weighted by Crippen LogP contribution is -2.24. The van der Waals surface area contributed by atoms with Crippen LogP contribution in [-0.2, 0) is 17.6 Å². The second kappa shape index (κ2) is 10.8. The third-order valence-corrected chi connectivity index (χ3v) is 8.74. The standard InChI is InChI=1S/C25H19BrClFN4O2S2/c26-14-8-10-15(11-9-14)32-24(34)22-16-4-1-2-7-20(16)36-23(22)30-25(32)35-13-21(33)31-29-12-17-18(27)5-3-6-19(17)28/h3,5-6,8-12H,1-2,4,7,13H2,(H,31,33). The fraction of sp³-hybridized carbons (Fsp3) is 0.200. The summed E-state index contributed by atoms with van der Waals surface area (Å²) in [4.78, 5) is 33.0. The van der Waals surface area contributed by atoms with Gasteiger partial charge in [0.15, 0.2) is 5.16 Å². The maximum Gasteiger partial charge on any atom is 0.267 e. The van der Waals surface area contributed by atoms with Gasteiger partial charge in [0.25, 0.3) is 11.5 Å². The van der Waals surface area contributed by atoms with E-state index in [0.29, 0.717) is 21.1 Å². The number of benzene rings is 2. The molecule has 0 saturated heterocycles. The van der Waals surface area contributed by atoms with Gasteiger partial charge in [-0.1, -0.05) is 45.4 Å². The van der Waals surface area contributed by atoms with Crippen LogP contribution >= 0.6 is 50.6 Å². The lowest BCUT2D eigenvalue weighted by Gasteiger charge is -2.13. The molecule has 1 amide bonds. The van der Waals surface area contributed by atoms with Crippen molar-refractivity contribution in [3.05, 3.63) is 84.1 Å². The average Bonchev–Trinajstić information content (AvgIpc) is 3.24. The number of carbonyl (C=O) groups is 1. The van der Waals surface area contributed by atoms with E-state index in [9.17, 15) is 14.0 Å². The van der Waals surface area contributed by atoms with Crippen LogP contribution in [0, 0.1) is 5.82 Å². The predicted molar refractivity (Wildman–Crippen MR) is 147 cm³/mol. The van der Waals surface area contributed by atoms with Gasteiger partial charge in [-0.2, -0.15) is 5.10 Å². The van der Waals surface area contributed by atoms with E-state index in [-0.39, 0.29) is 21.9 Å². The van der Waals surface area contributed by atoms with Crippen LogP contribution in [0.15, 0.2) is 62.0 Å². The maximum atomic E-state index is 13.9. The first-order chi connectivity index (χ1) is 17.4. The Morgan fingerprint density at radius 1 is 1.25 bits per heavy atom. The quantitative estimate of drug-likeness (QED) is 0.124. The number of amides is 1. The number of nitrogens with zero attached hydrogens (tertiary/aromatic N) is 3. The van der Waals surface area contributed by atoms with Crippen LogP contribution in [0.5, 0.6) is 0 Å². The summed E-state index contributed by atoms with van der Waals surface area (Å²) in [6.07, 6.45) is 5.18. The number of thiophene rings is 1. The molecule has 0 atom stereocenters. The Bertz CT molecular complexity index is 1530. The fourth-order valence-corrected chi connectivity index (χ4v) is 6.65. The summed E-state index contributed by atoms with van der Waals surface area (Å²) in [6.45, 7) is 0. The van der Waals surface area contributed by atoms with Gasteiger partial charge in [0.05, 0.1) is 28.1 Å². The van der Waals surface area contributed by atoms with Crippen molar-refractivity contribution in [2.24, 2.45) is 5.10 Å². The van der Waals surface area contributed by atoms with E-state index >= 15 is 0 Å². The van der Waals surface area contributed by atoms with Crippen LogP contribution in [0.1, 0.15) is 28.8 Å². The SMILES string of the molecule is O=C(CSc1nc2sc3c(c2c(=O)n1-c1ccc(Br)cc1)CCCC3)NN=Cc1c(F)cccc1Cl. The van der Waals surface area contributed by atoms with Crippen molar-refractivity contribution in [3.63, 3.8) is 0 Å². The second-order valence-electron chi connectivity index (χ2n) is 8.12. The molecule has 36 heavy (non-hydrogen) atoms. The number of hydrogen-bond donors (Lipinski definition) is 1. The van der Waals surface area contributed by atoms with Crippen LogP contribution in [0.2, 0.25) is 5.02 Å². The minimum absolute atomic E-state index is 0.0398. The number of aryl methyl sites for hydroxylation is 2. The number of hydrogen-bond acceptors (Lipinski definition) is 6. The Morgan fingerprint density at radius 2 is 2.03 bits per heavy atom. The van der Waals surface area contributed by atoms with Gasteiger partial charge in [0.2, 0.25) is 0 Å². The average molecular weight is 606 g/mol. The molecule has 0 unspecified atom stereocenters. The topological polar surface area (TPSA) is 76.3 Å². The normalized spacial score (nSPS) is 13.3. The number of halogens is 3. The van der Waals surface area contributed by atoms with Crippen molar-refractivity contribution in [1.82, 2.24) is 15.0 Å². The molecule has 1 aliphatic rings. The molecule has 4 aromatic rings. The smallest absolute Gasteiger partial charge is 0.267 e. The van der Waals surface area contributed by atoms with Crippen LogP contribution in [0.4, 0.5) is 4.39 Å². The Morgan fingerprint density at radius 3 is 2.81 bits per heavy atom. The molecule has 0 bridgehead atoms. The summed E-state index contributed by atoms with van der Waals surface area (Å²) in [5.41, 5.74) is 4.12. The molecule has 0 saturated carbocycles. The monoisotopic (exact) mass is 604 g/mol. The molecule has 2 heterocycles. The van der Waals surface area contributed by atoms with Gasteiger partial charge in [0, 0.05) is 14.9 Å². The third kappa shape index (κ3) is 5.13. The largest absolute Gasteiger partial charge is 0.272 e. The van der Waals surface area contributed by atoms with Crippen LogP contribution < -0.4 is 11.0 Å². The zero-order valence-corrected chi connectivity index (χ0v) is 22.7. The van der Waals surface area contributed by atoms with Crippen molar-refractivity contribution in [3.8, 4) is 5.69 Å². The summed E-state index contributed by atoms with van der Waals surface area (Å²) < 4.78 is 16.3. The van der Waals surface area contributed by atoms with E-state index < -0.39 is 11.7 Å². The van der Waals surface area contributed by atoms with E-state index in [1.165, 1.54) is 29.3 Å². The third-order valence-electron chi connectivity index (χ3n) is 5.76. The highest BCUT2D eigenvalue weighted by atomic mass is 79.9. The molecule has 0 radical (unpaired) electrons. The zero-order valence-electron chi connectivity index (χ0n) is 18.8. The number of fused-ring (bicyclic) bond motifs is 3. The minimum atomic E-state index is -0.537. The van der Waals surface area contributed by atoms with Gasteiger partial charge in [-0.15, -0.1) is 11.3 Å². The van der Waals surface area contributed by atoms with Gasteiger partial charge >= 0.3 is 0 Å². The Hall–Kier alpha value is -2.53. The summed E-state index contributed by atoms with van der Waals surface area (Å²) >= 11 is 12.1. The number of aromatic nitrogens is 2. The number of nitrogens with one attached hydrogen (secondary N) is 1. The van der Waals surface area contributed by atoms with Crippen molar-refractivity contribution >= 4 is 73.0 Å². The molecule has 184 valence electrons. The Balaban J connectivity index is 1.43. The number of carbonyl (C=O) groups excluding carboxylic acids is 1. The predicted octanol–water partition coefficient (Wildman–Crippen LogP) is 6.12. The highest BCUT2D eigenvalue weighted by molar-refractivity contribution is 9.10. The van der Waals surface area contributed by atoms with E-state index in [4.69, 9.17) is 16.6 Å². The molecular formula is C25H19BrClFN4O2S2. The molecule has 0 spiro atoms. The van der Waals surface area contributed by atoms with Crippen LogP contribution in [0.3, 0.4) is 0 Å². The summed E-state index contributed by atoms with van der Waals surface area (Å²) in [5, 5.41) is 5.11. The molecule has 0 aliphatic heterocycles. The molecule has 2 aromatic carbocycles. The van der Waals surface area contributed by atoms with E-state index in [0.717, 1.165) is 47.5 Å². The molecule has 2 aromatic heterocycles. The van der Waals surface area contributed by atoms with E-state index in [1.54, 1.807) is 15.9 Å². The molecule has 1 N–H and O–H groups in total. The van der Waals surface area contributed by atoms with E-state index in [1.807, 2.05) is 24.3 Å². The first-order valence-electron chi connectivity index (χ1n) is 11.1. The summed E-state index contributed by atoms with van der Waals surface area (Å²) in [5.74, 6) is -1.00. The van der Waals surface area contributed by atoms with Crippen LogP contribution in [-0.4, -0.2) is 27.4 Å². The summed E-state index contributed by atoms with van der Waals surface area (Å²) in [7, 11) is 0. The molecule has 6 nitrogen and oxygen atoms in total. The van der Waals surface area contributed by atoms with Crippen LogP contribution in [0.25, 0.3) is 15.9 Å². The highest BCUT2D eigenvalue weighted by Crippen LogP contribution is 2.35. The number of thioether (sulfide) groups is 1. The first kappa shape index (κ1) is 25.1. The molecule has 5 rings (SSSR count). The Labute approximate surface area is 227 Å². The molecule has 1 aliphatic carbocycles. The van der Waals surface area contributed by atoms with Gasteiger partial charge in [-0.05, 0) is 67.6 Å². The van der Waals surface area contributed by atoms with Crippen molar-refractivity contribution in [1.29, 1.82) is 0 Å². The fourth-order valence-electron chi connectivity index (χ4n) is 4.07. The minimum Gasteiger partial charge on any atom is -0.272 e. The molecule has 0 fully saturated rings.